The van der Waals surface area contributed by atoms with Crippen molar-refractivity contribution in [3.05, 3.63) is 0 Å². The number of sulfonamides is 1. The van der Waals surface area contributed by atoms with Gasteiger partial charge in [-0.1, -0.05) is 27.2 Å². The highest BCUT2D eigenvalue weighted by Crippen LogP contribution is 2.29. The molecule has 2 N–H and O–H groups in total. The van der Waals surface area contributed by atoms with Gasteiger partial charge < -0.3 is 10.6 Å². The standard InChI is InChI=1S/C17H33F3N4O2S.HI/c1-5-21-15(22-11-7-6-10-16(2,3)4)23-14-8-12-24(13-9-14)27(25,26)17(18,19)20;/h14H,5-13H2,1-4H3,(H2,21,22,23);1H. The first kappa shape index (κ1) is 27.7. The van der Waals surface area contributed by atoms with Gasteiger partial charge in [0.2, 0.25) is 0 Å². The minimum atomic E-state index is -5.24. The average molecular weight is 542 g/mol. The summed E-state index contributed by atoms with van der Waals surface area (Å²) < 4.78 is 61.3. The van der Waals surface area contributed by atoms with Gasteiger partial charge >= 0.3 is 15.5 Å². The Balaban J connectivity index is 0.00000729. The maximum Gasteiger partial charge on any atom is 0.511 e. The summed E-state index contributed by atoms with van der Waals surface area (Å²) >= 11 is 0. The predicted octanol–water partition coefficient (Wildman–Crippen LogP) is 3.69. The summed E-state index contributed by atoms with van der Waals surface area (Å²) in [5, 5.41) is 6.34. The van der Waals surface area contributed by atoms with E-state index in [1.807, 2.05) is 6.92 Å². The molecule has 0 spiro atoms. The third-order valence-electron chi connectivity index (χ3n) is 4.38. The molecule has 1 aliphatic rings. The van der Waals surface area contributed by atoms with Gasteiger partial charge in [0.15, 0.2) is 5.96 Å². The first-order chi connectivity index (χ1) is 12.4. The monoisotopic (exact) mass is 542 g/mol. The number of rotatable bonds is 7. The second-order valence-electron chi connectivity index (χ2n) is 8.05. The topological polar surface area (TPSA) is 73.8 Å². The summed E-state index contributed by atoms with van der Waals surface area (Å²) in [7, 11) is -5.23. The lowest BCUT2D eigenvalue weighted by Gasteiger charge is -2.32. The zero-order valence-corrected chi connectivity index (χ0v) is 20.2. The first-order valence-corrected chi connectivity index (χ1v) is 10.9. The highest BCUT2D eigenvalue weighted by atomic mass is 127. The summed E-state index contributed by atoms with van der Waals surface area (Å²) in [6, 6.07) is -0.0999. The van der Waals surface area contributed by atoms with E-state index < -0.39 is 15.5 Å². The zero-order valence-electron chi connectivity index (χ0n) is 17.1. The van der Waals surface area contributed by atoms with Crippen molar-refractivity contribution >= 4 is 40.0 Å². The molecule has 1 rings (SSSR count). The van der Waals surface area contributed by atoms with Gasteiger partial charge in [-0.25, -0.2) is 8.42 Å². The number of guanidine groups is 1. The third kappa shape index (κ3) is 9.47. The van der Waals surface area contributed by atoms with E-state index in [0.29, 0.717) is 41.6 Å². The fourth-order valence-electron chi connectivity index (χ4n) is 2.86. The van der Waals surface area contributed by atoms with Gasteiger partial charge in [0.05, 0.1) is 0 Å². The van der Waals surface area contributed by atoms with Crippen molar-refractivity contribution in [1.29, 1.82) is 0 Å². The molecule has 1 heterocycles. The van der Waals surface area contributed by atoms with Gasteiger partial charge in [-0.05, 0) is 38.0 Å². The molecular weight excluding hydrogens is 508 g/mol. The Bertz CT molecular complexity index is 584. The van der Waals surface area contributed by atoms with E-state index in [2.05, 4.69) is 36.4 Å². The Morgan fingerprint density at radius 2 is 1.71 bits per heavy atom. The Morgan fingerprint density at radius 1 is 1.14 bits per heavy atom. The van der Waals surface area contributed by atoms with Crippen LogP contribution in [-0.4, -0.2) is 56.4 Å². The number of piperidine rings is 1. The molecule has 0 radical (unpaired) electrons. The number of aliphatic imine (C=N–C) groups is 1. The summed E-state index contributed by atoms with van der Waals surface area (Å²) in [6.45, 7) is 9.60. The molecule has 0 aromatic rings. The number of unbranched alkanes of at least 4 members (excludes halogenated alkanes) is 1. The Labute approximate surface area is 184 Å². The van der Waals surface area contributed by atoms with Crippen LogP contribution in [0.1, 0.15) is 59.8 Å². The van der Waals surface area contributed by atoms with E-state index in [1.165, 1.54) is 0 Å². The SMILES string of the molecule is CCNC(=NCCCCC(C)(C)C)NC1CCN(S(=O)(=O)C(F)(F)F)CC1.I. The van der Waals surface area contributed by atoms with Crippen molar-refractivity contribution in [3.8, 4) is 0 Å². The van der Waals surface area contributed by atoms with Gasteiger partial charge in [0.25, 0.3) is 0 Å². The summed E-state index contributed by atoms with van der Waals surface area (Å²) in [6.07, 6.45) is 3.79. The molecule has 0 aromatic heterocycles. The fraction of sp³-hybridized carbons (Fsp3) is 0.941. The lowest BCUT2D eigenvalue weighted by molar-refractivity contribution is -0.0494. The maximum absolute atomic E-state index is 12.6. The van der Waals surface area contributed by atoms with Gasteiger partial charge in [-0.2, -0.15) is 17.5 Å². The minimum absolute atomic E-state index is 0. The van der Waals surface area contributed by atoms with Crippen molar-refractivity contribution in [2.24, 2.45) is 10.4 Å². The van der Waals surface area contributed by atoms with Gasteiger partial charge in [0, 0.05) is 32.2 Å². The van der Waals surface area contributed by atoms with Crippen molar-refractivity contribution in [3.63, 3.8) is 0 Å². The maximum atomic E-state index is 12.6. The van der Waals surface area contributed by atoms with E-state index >= 15 is 0 Å². The van der Waals surface area contributed by atoms with Crippen molar-refractivity contribution in [2.45, 2.75) is 71.3 Å². The number of nitrogens with one attached hydrogen (secondary N) is 2. The molecule has 0 bridgehead atoms. The predicted molar refractivity (Wildman–Crippen MR) is 117 cm³/mol. The van der Waals surface area contributed by atoms with Crippen LogP contribution in [0.15, 0.2) is 4.99 Å². The molecule has 11 heteroatoms. The summed E-state index contributed by atoms with van der Waals surface area (Å²) in [5.41, 5.74) is -4.94. The van der Waals surface area contributed by atoms with E-state index in [-0.39, 0.29) is 43.1 Å². The number of hydrogen-bond donors (Lipinski definition) is 2. The van der Waals surface area contributed by atoms with Gasteiger partial charge in [-0.3, -0.25) is 4.99 Å². The third-order valence-corrected chi connectivity index (χ3v) is 6.01. The summed E-state index contributed by atoms with van der Waals surface area (Å²) in [5.74, 6) is 0.630. The van der Waals surface area contributed by atoms with E-state index in [4.69, 9.17) is 0 Å². The van der Waals surface area contributed by atoms with Crippen molar-refractivity contribution < 1.29 is 21.6 Å². The molecule has 6 nitrogen and oxygen atoms in total. The average Bonchev–Trinajstić information content (AvgIpc) is 2.53. The fourth-order valence-corrected chi connectivity index (χ4v) is 3.84. The lowest BCUT2D eigenvalue weighted by atomic mass is 9.90. The van der Waals surface area contributed by atoms with Crippen LogP contribution in [0, 0.1) is 5.41 Å². The van der Waals surface area contributed by atoms with Crippen LogP contribution < -0.4 is 10.6 Å². The van der Waals surface area contributed by atoms with E-state index in [0.717, 1.165) is 19.3 Å². The smallest absolute Gasteiger partial charge is 0.357 e. The molecule has 0 saturated carbocycles. The number of halogens is 4. The highest BCUT2D eigenvalue weighted by Gasteiger charge is 2.50. The van der Waals surface area contributed by atoms with Crippen LogP contribution in [0.4, 0.5) is 13.2 Å². The van der Waals surface area contributed by atoms with Crippen LogP contribution in [-0.2, 0) is 10.0 Å². The van der Waals surface area contributed by atoms with Crippen LogP contribution in [0.2, 0.25) is 0 Å². The van der Waals surface area contributed by atoms with Crippen LogP contribution in [0.5, 0.6) is 0 Å². The molecule has 0 aromatic carbocycles. The Morgan fingerprint density at radius 3 is 2.18 bits per heavy atom. The van der Waals surface area contributed by atoms with E-state index in [9.17, 15) is 21.6 Å². The zero-order chi connectivity index (χ0) is 20.7. The van der Waals surface area contributed by atoms with Crippen molar-refractivity contribution in [1.82, 2.24) is 14.9 Å². The van der Waals surface area contributed by atoms with Crippen LogP contribution in [0.25, 0.3) is 0 Å². The molecule has 0 unspecified atom stereocenters. The normalized spacial score (nSPS) is 17.9. The molecule has 0 amide bonds. The molecule has 1 fully saturated rings. The molecule has 1 saturated heterocycles. The largest absolute Gasteiger partial charge is 0.511 e. The van der Waals surface area contributed by atoms with Crippen LogP contribution >= 0.6 is 24.0 Å². The molecule has 1 aliphatic heterocycles. The molecular formula is C17H34F3IN4O2S. The molecule has 0 aliphatic carbocycles. The highest BCUT2D eigenvalue weighted by molar-refractivity contribution is 14.0. The minimum Gasteiger partial charge on any atom is -0.357 e. The molecule has 168 valence electrons. The number of hydrogen-bond acceptors (Lipinski definition) is 3. The Hall–Kier alpha value is -0.300. The van der Waals surface area contributed by atoms with Gasteiger partial charge in [-0.15, -0.1) is 24.0 Å². The Kier molecular flexibility index (Phi) is 11.6. The van der Waals surface area contributed by atoms with Gasteiger partial charge in [0.1, 0.15) is 0 Å². The lowest BCUT2D eigenvalue weighted by Crippen LogP contribution is -2.51. The first-order valence-electron chi connectivity index (χ1n) is 9.48. The second-order valence-corrected chi connectivity index (χ2v) is 9.98. The van der Waals surface area contributed by atoms with Crippen molar-refractivity contribution in [2.75, 3.05) is 26.2 Å². The van der Waals surface area contributed by atoms with E-state index in [1.54, 1.807) is 0 Å². The van der Waals surface area contributed by atoms with Crippen LogP contribution in [0.3, 0.4) is 0 Å². The molecule has 28 heavy (non-hydrogen) atoms. The molecule has 0 atom stereocenters. The quantitative estimate of drug-likeness (QED) is 0.223. The number of alkyl halides is 3. The number of nitrogens with zero attached hydrogens (tertiary/aromatic N) is 2. The summed E-state index contributed by atoms with van der Waals surface area (Å²) in [4.78, 5) is 4.52. The second kappa shape index (κ2) is 11.8.